The Hall–Kier alpha value is -5.03. The summed E-state index contributed by atoms with van der Waals surface area (Å²) in [6.45, 7) is 2.71. The van der Waals surface area contributed by atoms with E-state index in [1.807, 2.05) is 42.2 Å². The molecule has 5 aromatic rings. The van der Waals surface area contributed by atoms with Gasteiger partial charge in [-0.05, 0) is 46.1 Å². The second-order valence-electron chi connectivity index (χ2n) is 11.2. The van der Waals surface area contributed by atoms with E-state index in [1.54, 1.807) is 4.90 Å². The van der Waals surface area contributed by atoms with Crippen LogP contribution in [0.25, 0.3) is 5.78 Å². The van der Waals surface area contributed by atoms with Gasteiger partial charge in [-0.15, -0.1) is 5.10 Å². The summed E-state index contributed by atoms with van der Waals surface area (Å²) in [4.78, 5) is 56.7. The number of carbonyl (C=O) groups excluding carboxylic acids is 2. The molecule has 0 bridgehead atoms. The quantitative estimate of drug-likeness (QED) is 0.223. The van der Waals surface area contributed by atoms with Crippen LogP contribution in [0.1, 0.15) is 34.2 Å². The van der Waals surface area contributed by atoms with E-state index in [4.69, 9.17) is 16.3 Å². The summed E-state index contributed by atoms with van der Waals surface area (Å²) in [5, 5.41) is 6.44. The number of nitrogens with one attached hydrogen (secondary N) is 1. The Labute approximate surface area is 295 Å². The molecule has 0 radical (unpaired) electrons. The smallest absolute Gasteiger partial charge is 0.416 e. The number of amides is 2. The number of nitrogens with zero attached hydrogens (tertiary/aromatic N) is 8. The van der Waals surface area contributed by atoms with Crippen LogP contribution in [0.3, 0.4) is 0 Å². The van der Waals surface area contributed by atoms with Gasteiger partial charge in [0.25, 0.3) is 11.5 Å². The fourth-order valence-electron chi connectivity index (χ4n) is 5.63. The standard InChI is InChI=1S/C32H28BrClF3N9O4/c1-2-23-27(43-10-12-44(13-11-43)28(48)26-24(15-38-18-39-26)50-17-19-6-4-3-5-7-19)29(49)46-31(41-30(33)42-46)45(23)16-25(47)40-22-9-8-20(14-21(22)34)32(35,36)37/h3-9,14-15,18H,2,10-13,16-17H2,1H3,(H,40,47). The van der Waals surface area contributed by atoms with E-state index in [1.165, 1.54) is 17.1 Å². The van der Waals surface area contributed by atoms with Crippen LogP contribution in [0.4, 0.5) is 24.5 Å². The number of rotatable bonds is 9. The molecule has 3 aromatic heterocycles. The topological polar surface area (TPSA) is 140 Å². The van der Waals surface area contributed by atoms with E-state index >= 15 is 0 Å². The number of piperazine rings is 1. The third-order valence-electron chi connectivity index (χ3n) is 8.01. The Bertz CT molecular complexity index is 2120. The number of hydrogen-bond acceptors (Lipinski definition) is 9. The fraction of sp³-hybridized carbons (Fsp3) is 0.281. The first-order valence-corrected chi connectivity index (χ1v) is 16.5. The summed E-state index contributed by atoms with van der Waals surface area (Å²) in [5.74, 6) is -0.644. The number of ether oxygens (including phenoxy) is 1. The molecule has 0 unspecified atom stereocenters. The summed E-state index contributed by atoms with van der Waals surface area (Å²) in [6.07, 6.45) is -1.57. The molecule has 1 aliphatic heterocycles. The zero-order valence-electron chi connectivity index (χ0n) is 26.3. The van der Waals surface area contributed by atoms with Crippen molar-refractivity contribution >= 4 is 56.5 Å². The second-order valence-corrected chi connectivity index (χ2v) is 12.3. The van der Waals surface area contributed by atoms with Crippen LogP contribution >= 0.6 is 27.5 Å². The molecule has 0 aliphatic carbocycles. The Balaban J connectivity index is 1.22. The molecule has 13 nitrogen and oxygen atoms in total. The number of fused-ring (bicyclic) bond motifs is 1. The van der Waals surface area contributed by atoms with Gasteiger partial charge in [0, 0.05) is 26.2 Å². The van der Waals surface area contributed by atoms with Crippen LogP contribution < -0.4 is 20.5 Å². The zero-order valence-corrected chi connectivity index (χ0v) is 28.7. The molecular formula is C32H28BrClF3N9O4. The molecule has 1 N–H and O–H groups in total. The predicted octanol–water partition coefficient (Wildman–Crippen LogP) is 4.86. The molecule has 2 aromatic carbocycles. The number of hydrogen-bond donors (Lipinski definition) is 1. The highest BCUT2D eigenvalue weighted by atomic mass is 79.9. The maximum Gasteiger partial charge on any atom is 0.416 e. The maximum absolute atomic E-state index is 13.8. The molecule has 50 heavy (non-hydrogen) atoms. The first-order valence-electron chi connectivity index (χ1n) is 15.3. The normalized spacial score (nSPS) is 13.5. The van der Waals surface area contributed by atoms with E-state index in [0.29, 0.717) is 12.1 Å². The summed E-state index contributed by atoms with van der Waals surface area (Å²) < 4.78 is 48.0. The van der Waals surface area contributed by atoms with Crippen molar-refractivity contribution in [3.8, 4) is 5.75 Å². The van der Waals surface area contributed by atoms with Crippen molar-refractivity contribution in [1.82, 2.24) is 34.0 Å². The molecule has 1 saturated heterocycles. The van der Waals surface area contributed by atoms with Gasteiger partial charge >= 0.3 is 6.18 Å². The molecule has 4 heterocycles. The summed E-state index contributed by atoms with van der Waals surface area (Å²) in [7, 11) is 0. The SMILES string of the molecule is CCc1c(N2CCN(C(=O)c3ncncc3OCc3ccccc3)CC2)c(=O)n2nc(Br)nc2n1CC(=O)Nc1ccc(C(F)(F)F)cc1Cl. The van der Waals surface area contributed by atoms with Crippen LogP contribution in [0, 0.1) is 0 Å². The van der Waals surface area contributed by atoms with Crippen molar-refractivity contribution in [2.24, 2.45) is 0 Å². The molecule has 260 valence electrons. The lowest BCUT2D eigenvalue weighted by molar-refractivity contribution is -0.137. The van der Waals surface area contributed by atoms with E-state index in [-0.39, 0.29) is 83.6 Å². The van der Waals surface area contributed by atoms with Crippen molar-refractivity contribution in [2.45, 2.75) is 32.7 Å². The van der Waals surface area contributed by atoms with Crippen molar-refractivity contribution in [1.29, 1.82) is 0 Å². The van der Waals surface area contributed by atoms with Gasteiger partial charge in [-0.3, -0.25) is 14.4 Å². The van der Waals surface area contributed by atoms with Gasteiger partial charge in [-0.2, -0.15) is 22.7 Å². The van der Waals surface area contributed by atoms with Crippen LogP contribution in [0.15, 0.2) is 70.6 Å². The highest BCUT2D eigenvalue weighted by Crippen LogP contribution is 2.34. The zero-order chi connectivity index (χ0) is 35.6. The van der Waals surface area contributed by atoms with Gasteiger partial charge in [0.1, 0.15) is 25.2 Å². The summed E-state index contributed by atoms with van der Waals surface area (Å²) in [5.41, 5.74) is 0.351. The van der Waals surface area contributed by atoms with Gasteiger partial charge < -0.3 is 24.4 Å². The lowest BCUT2D eigenvalue weighted by Crippen LogP contribution is -2.51. The number of benzene rings is 2. The molecule has 0 saturated carbocycles. The number of alkyl halides is 3. The van der Waals surface area contributed by atoms with E-state index in [0.717, 1.165) is 28.3 Å². The van der Waals surface area contributed by atoms with Crippen molar-refractivity contribution in [3.63, 3.8) is 0 Å². The average molecular weight is 775 g/mol. The molecule has 1 aliphatic rings. The molecular weight excluding hydrogens is 747 g/mol. The third kappa shape index (κ3) is 7.28. The van der Waals surface area contributed by atoms with Gasteiger partial charge in [0.15, 0.2) is 11.4 Å². The van der Waals surface area contributed by atoms with E-state index in [2.05, 4.69) is 41.3 Å². The summed E-state index contributed by atoms with van der Waals surface area (Å²) in [6, 6.07) is 12.1. The first kappa shape index (κ1) is 34.8. The minimum absolute atomic E-state index is 0.0132. The summed E-state index contributed by atoms with van der Waals surface area (Å²) >= 11 is 9.27. The molecule has 2 amide bonds. The minimum Gasteiger partial charge on any atom is -0.485 e. The number of carbonyl (C=O) groups is 2. The molecule has 0 spiro atoms. The van der Waals surface area contributed by atoms with E-state index in [9.17, 15) is 27.6 Å². The van der Waals surface area contributed by atoms with Gasteiger partial charge in [-0.1, -0.05) is 48.9 Å². The van der Waals surface area contributed by atoms with Crippen molar-refractivity contribution in [2.75, 3.05) is 36.4 Å². The minimum atomic E-state index is -4.60. The van der Waals surface area contributed by atoms with Crippen LogP contribution in [0.5, 0.6) is 5.75 Å². The Kier molecular flexibility index (Phi) is 10.1. The first-order chi connectivity index (χ1) is 23.9. The largest absolute Gasteiger partial charge is 0.485 e. The highest BCUT2D eigenvalue weighted by molar-refractivity contribution is 9.10. The molecule has 6 rings (SSSR count). The van der Waals surface area contributed by atoms with Crippen LogP contribution in [-0.4, -0.2) is 72.0 Å². The van der Waals surface area contributed by atoms with Crippen molar-refractivity contribution < 1.29 is 27.5 Å². The molecule has 0 atom stereocenters. The highest BCUT2D eigenvalue weighted by Gasteiger charge is 2.32. The average Bonchev–Trinajstić information content (AvgIpc) is 3.51. The Morgan fingerprint density at radius 3 is 2.50 bits per heavy atom. The molecule has 18 heteroatoms. The Morgan fingerprint density at radius 1 is 1.08 bits per heavy atom. The second kappa shape index (κ2) is 14.4. The van der Waals surface area contributed by atoms with Crippen molar-refractivity contribution in [3.05, 3.63) is 104 Å². The van der Waals surface area contributed by atoms with Gasteiger partial charge in [-0.25, -0.2) is 9.97 Å². The lowest BCUT2D eigenvalue weighted by Gasteiger charge is -2.36. The van der Waals surface area contributed by atoms with Crippen LogP contribution in [0.2, 0.25) is 5.02 Å². The number of aromatic nitrogens is 6. The van der Waals surface area contributed by atoms with Crippen LogP contribution in [-0.2, 0) is 30.5 Å². The van der Waals surface area contributed by atoms with E-state index < -0.39 is 23.2 Å². The lowest BCUT2D eigenvalue weighted by atomic mass is 10.2. The number of halogens is 5. The Morgan fingerprint density at radius 2 is 1.82 bits per heavy atom. The number of anilines is 2. The molecule has 1 fully saturated rings. The monoisotopic (exact) mass is 773 g/mol. The maximum atomic E-state index is 13.8. The van der Waals surface area contributed by atoms with Gasteiger partial charge in [0.05, 0.1) is 28.2 Å². The predicted molar refractivity (Wildman–Crippen MR) is 180 cm³/mol. The fourth-order valence-corrected chi connectivity index (χ4v) is 6.18. The van der Waals surface area contributed by atoms with Gasteiger partial charge in [0.2, 0.25) is 16.4 Å². The third-order valence-corrected chi connectivity index (χ3v) is 8.66.